The molecule has 0 aliphatic heterocycles. The van der Waals surface area contributed by atoms with Gasteiger partial charge in [-0.25, -0.2) is 10.9 Å². The maximum atomic E-state index is 11.8. The van der Waals surface area contributed by atoms with Crippen molar-refractivity contribution in [1.82, 2.24) is 10.9 Å². The van der Waals surface area contributed by atoms with Crippen LogP contribution in [0, 0.1) is 0 Å². The average Bonchev–Trinajstić information content (AvgIpc) is 2.74. The first-order chi connectivity index (χ1) is 14.1. The van der Waals surface area contributed by atoms with Crippen LogP contribution in [0.3, 0.4) is 0 Å². The Labute approximate surface area is 169 Å². The maximum absolute atomic E-state index is 11.8. The minimum atomic E-state index is -0.276. The van der Waals surface area contributed by atoms with Crippen LogP contribution in [0.4, 0.5) is 0 Å². The summed E-state index contributed by atoms with van der Waals surface area (Å²) in [5.41, 5.74) is 6.37. The molecule has 0 heterocycles. The van der Waals surface area contributed by atoms with E-state index >= 15 is 0 Å². The topological polar surface area (TPSA) is 101 Å². The van der Waals surface area contributed by atoms with Crippen LogP contribution in [0.1, 0.15) is 30.4 Å². The lowest BCUT2D eigenvalue weighted by molar-refractivity contribution is -0.122. The highest BCUT2D eigenvalue weighted by molar-refractivity contribution is 5.86. The number of nitrogens with zero attached hydrogens (tertiary/aromatic N) is 2. The van der Waals surface area contributed by atoms with Crippen molar-refractivity contribution in [3.8, 4) is 11.5 Å². The van der Waals surface area contributed by atoms with Crippen LogP contribution in [0.5, 0.6) is 11.5 Å². The van der Waals surface area contributed by atoms with E-state index in [0.29, 0.717) is 17.9 Å². The van der Waals surface area contributed by atoms with Gasteiger partial charge in [0.1, 0.15) is 11.5 Å². The van der Waals surface area contributed by atoms with Crippen molar-refractivity contribution in [2.75, 3.05) is 14.2 Å². The molecule has 0 spiro atoms. The molecule has 0 bridgehead atoms. The highest BCUT2D eigenvalue weighted by atomic mass is 16.5. The predicted octanol–water partition coefficient (Wildman–Crippen LogP) is 2.47. The molecule has 0 atom stereocenters. The lowest BCUT2D eigenvalue weighted by Gasteiger charge is -2.04. The third kappa shape index (κ3) is 7.45. The molecule has 2 rings (SSSR count). The minimum Gasteiger partial charge on any atom is -0.496 e. The number of methoxy groups -OCH3 is 2. The van der Waals surface area contributed by atoms with Crippen molar-refractivity contribution in [2.45, 2.75) is 19.3 Å². The van der Waals surface area contributed by atoms with Crippen LogP contribution < -0.4 is 20.3 Å². The number of hydrogen-bond acceptors (Lipinski definition) is 6. The fraction of sp³-hybridized carbons (Fsp3) is 0.238. The first-order valence-electron chi connectivity index (χ1n) is 9.04. The molecule has 0 fully saturated rings. The quantitative estimate of drug-likeness (QED) is 0.476. The number of hydrazone groups is 2. The number of nitrogens with one attached hydrogen (secondary N) is 2. The molecule has 2 N–H and O–H groups in total. The number of rotatable bonds is 10. The molecule has 0 unspecified atom stereocenters. The molecular weight excluding hydrogens is 372 g/mol. The van der Waals surface area contributed by atoms with Crippen molar-refractivity contribution in [1.29, 1.82) is 0 Å². The van der Waals surface area contributed by atoms with Crippen LogP contribution in [-0.2, 0) is 9.59 Å². The van der Waals surface area contributed by atoms with E-state index < -0.39 is 0 Å². The number of hydrogen-bond donors (Lipinski definition) is 2. The van der Waals surface area contributed by atoms with Gasteiger partial charge in [-0.2, -0.15) is 10.2 Å². The fourth-order valence-corrected chi connectivity index (χ4v) is 2.42. The van der Waals surface area contributed by atoms with E-state index in [4.69, 9.17) is 9.47 Å². The zero-order chi connectivity index (χ0) is 20.9. The van der Waals surface area contributed by atoms with Gasteiger partial charge < -0.3 is 9.47 Å². The largest absolute Gasteiger partial charge is 0.496 e. The zero-order valence-corrected chi connectivity index (χ0v) is 16.4. The molecule has 0 aromatic heterocycles. The van der Waals surface area contributed by atoms with Gasteiger partial charge in [0.15, 0.2) is 0 Å². The van der Waals surface area contributed by atoms with Gasteiger partial charge >= 0.3 is 0 Å². The smallest absolute Gasteiger partial charge is 0.240 e. The van der Waals surface area contributed by atoms with Crippen LogP contribution >= 0.6 is 0 Å². The number of amides is 2. The normalized spacial score (nSPS) is 10.8. The molecule has 0 aliphatic carbocycles. The average molecular weight is 396 g/mol. The number of ether oxygens (including phenoxy) is 2. The van der Waals surface area contributed by atoms with Crippen molar-refractivity contribution >= 4 is 24.2 Å². The fourth-order valence-electron chi connectivity index (χ4n) is 2.42. The van der Waals surface area contributed by atoms with Crippen LogP contribution in [-0.4, -0.2) is 38.5 Å². The summed E-state index contributed by atoms with van der Waals surface area (Å²) in [5.74, 6) is 0.773. The number of carbonyl (C=O) groups excluding carboxylic acids is 2. The molecule has 8 heteroatoms. The number of benzene rings is 2. The number of carbonyl (C=O) groups is 2. The van der Waals surface area contributed by atoms with Crippen LogP contribution in [0.2, 0.25) is 0 Å². The molecule has 0 saturated carbocycles. The Hall–Kier alpha value is -3.68. The van der Waals surface area contributed by atoms with Crippen molar-refractivity contribution < 1.29 is 19.1 Å². The zero-order valence-electron chi connectivity index (χ0n) is 16.4. The molecule has 2 amide bonds. The highest BCUT2D eigenvalue weighted by Crippen LogP contribution is 2.15. The van der Waals surface area contributed by atoms with Crippen LogP contribution in [0.15, 0.2) is 58.7 Å². The molecular formula is C21H24N4O4. The third-order valence-corrected chi connectivity index (χ3v) is 3.87. The first-order valence-corrected chi connectivity index (χ1v) is 9.04. The van der Waals surface area contributed by atoms with Gasteiger partial charge in [0, 0.05) is 24.0 Å². The summed E-state index contributed by atoms with van der Waals surface area (Å²) in [6, 6.07) is 14.6. The van der Waals surface area contributed by atoms with Gasteiger partial charge in [0.05, 0.1) is 26.6 Å². The van der Waals surface area contributed by atoms with Gasteiger partial charge in [0.25, 0.3) is 0 Å². The second-order valence-corrected chi connectivity index (χ2v) is 5.92. The second-order valence-electron chi connectivity index (χ2n) is 5.92. The van der Waals surface area contributed by atoms with Crippen molar-refractivity contribution in [3.63, 3.8) is 0 Å². The summed E-state index contributed by atoms with van der Waals surface area (Å²) >= 11 is 0. The lowest BCUT2D eigenvalue weighted by Crippen LogP contribution is -2.20. The Morgan fingerprint density at radius 1 is 0.793 bits per heavy atom. The molecule has 2 aromatic rings. The Morgan fingerprint density at radius 3 is 1.62 bits per heavy atom. The predicted molar refractivity (Wildman–Crippen MR) is 111 cm³/mol. The van der Waals surface area contributed by atoms with E-state index in [1.54, 1.807) is 26.4 Å². The van der Waals surface area contributed by atoms with Gasteiger partial charge in [-0.1, -0.05) is 24.3 Å². The molecule has 0 aliphatic rings. The van der Waals surface area contributed by atoms with E-state index in [-0.39, 0.29) is 24.7 Å². The Morgan fingerprint density at radius 2 is 1.21 bits per heavy atom. The Kier molecular flexibility index (Phi) is 8.88. The van der Waals surface area contributed by atoms with Gasteiger partial charge in [-0.15, -0.1) is 0 Å². The lowest BCUT2D eigenvalue weighted by atomic mass is 10.2. The van der Waals surface area contributed by atoms with E-state index in [0.717, 1.165) is 11.1 Å². The van der Waals surface area contributed by atoms with Crippen LogP contribution in [0.25, 0.3) is 0 Å². The summed E-state index contributed by atoms with van der Waals surface area (Å²) in [5, 5.41) is 7.81. The van der Waals surface area contributed by atoms with E-state index in [1.807, 2.05) is 36.4 Å². The third-order valence-electron chi connectivity index (χ3n) is 3.87. The molecule has 8 nitrogen and oxygen atoms in total. The van der Waals surface area contributed by atoms with Gasteiger partial charge in [0.2, 0.25) is 11.8 Å². The second kappa shape index (κ2) is 11.9. The molecule has 152 valence electrons. The molecule has 29 heavy (non-hydrogen) atoms. The Bertz CT molecular complexity index is 809. The molecule has 0 radical (unpaired) electrons. The monoisotopic (exact) mass is 396 g/mol. The summed E-state index contributed by atoms with van der Waals surface area (Å²) < 4.78 is 10.4. The van der Waals surface area contributed by atoms with Gasteiger partial charge in [-0.3, -0.25) is 9.59 Å². The summed E-state index contributed by atoms with van der Waals surface area (Å²) in [7, 11) is 3.13. The molecule has 2 aromatic carbocycles. The SMILES string of the molecule is COc1ccccc1/C=N\NC(=O)CCCC(=O)N/N=C\c1ccccc1OC. The van der Waals surface area contributed by atoms with Gasteiger partial charge in [-0.05, 0) is 30.7 Å². The Balaban J connectivity index is 1.68. The summed E-state index contributed by atoms with van der Waals surface area (Å²) in [6.07, 6.45) is 3.75. The van der Waals surface area contributed by atoms with E-state index in [1.165, 1.54) is 12.4 Å². The van der Waals surface area contributed by atoms with Crippen molar-refractivity contribution in [2.24, 2.45) is 10.2 Å². The van der Waals surface area contributed by atoms with E-state index in [9.17, 15) is 9.59 Å². The number of para-hydroxylation sites is 2. The minimum absolute atomic E-state index is 0.174. The maximum Gasteiger partial charge on any atom is 0.240 e. The van der Waals surface area contributed by atoms with Crippen molar-refractivity contribution in [3.05, 3.63) is 59.7 Å². The highest BCUT2D eigenvalue weighted by Gasteiger charge is 2.05. The summed E-state index contributed by atoms with van der Waals surface area (Å²) in [4.78, 5) is 23.6. The van der Waals surface area contributed by atoms with E-state index in [2.05, 4.69) is 21.1 Å². The summed E-state index contributed by atoms with van der Waals surface area (Å²) in [6.45, 7) is 0. The molecule has 0 saturated heterocycles. The standard InChI is InChI=1S/C21H24N4O4/c1-28-18-10-5-3-8-16(18)14-22-24-20(26)12-7-13-21(27)25-23-15-17-9-4-6-11-19(17)29-2/h3-6,8-11,14-15H,7,12-13H2,1-2H3,(H,24,26)(H,25,27)/b22-14-,23-15-. The first kappa shape index (κ1) is 21.6.